The van der Waals surface area contributed by atoms with Crippen molar-refractivity contribution in [3.8, 4) is 0 Å². The number of alkyl halides is 6. The zero-order valence-corrected chi connectivity index (χ0v) is 13.2. The SMILES string of the molecule is C=C(C)C(C)(CC(C)(C)C)C(O)OC(C(F)(F)F)C(F)(F)F. The molecule has 0 aromatic heterocycles. The molecule has 8 heteroatoms. The quantitative estimate of drug-likeness (QED) is 0.442. The van der Waals surface area contributed by atoms with E-state index in [0.717, 1.165) is 0 Å². The van der Waals surface area contributed by atoms with Crippen molar-refractivity contribution in [2.45, 2.75) is 65.8 Å². The Morgan fingerprint density at radius 3 is 1.59 bits per heavy atom. The minimum Gasteiger partial charge on any atom is -0.367 e. The van der Waals surface area contributed by atoms with E-state index in [1.807, 2.05) is 0 Å². The second-order valence-corrected chi connectivity index (χ2v) is 6.89. The molecule has 2 atom stereocenters. The molecule has 0 heterocycles. The van der Waals surface area contributed by atoms with Crippen LogP contribution in [0, 0.1) is 10.8 Å². The number of aliphatic hydroxyl groups excluding tert-OH is 1. The van der Waals surface area contributed by atoms with E-state index in [4.69, 9.17) is 0 Å². The zero-order valence-electron chi connectivity index (χ0n) is 13.2. The van der Waals surface area contributed by atoms with Crippen molar-refractivity contribution in [1.82, 2.24) is 0 Å². The lowest BCUT2D eigenvalue weighted by Crippen LogP contribution is -2.50. The molecule has 0 saturated heterocycles. The van der Waals surface area contributed by atoms with E-state index >= 15 is 0 Å². The molecule has 2 unspecified atom stereocenters. The van der Waals surface area contributed by atoms with Crippen LogP contribution in [0.1, 0.15) is 41.0 Å². The van der Waals surface area contributed by atoms with Gasteiger partial charge in [-0.1, -0.05) is 39.8 Å². The van der Waals surface area contributed by atoms with Gasteiger partial charge in [0.1, 0.15) is 0 Å². The average Bonchev–Trinajstić information content (AvgIpc) is 2.19. The fourth-order valence-corrected chi connectivity index (χ4v) is 2.17. The van der Waals surface area contributed by atoms with Crippen LogP contribution in [0.3, 0.4) is 0 Å². The fraction of sp³-hybridized carbons (Fsp3) is 0.857. The van der Waals surface area contributed by atoms with Crippen LogP contribution >= 0.6 is 0 Å². The Hall–Kier alpha value is -0.760. The minimum absolute atomic E-state index is 0.0962. The molecule has 132 valence electrons. The summed E-state index contributed by atoms with van der Waals surface area (Å²) < 4.78 is 79.1. The molecular weight excluding hydrogens is 314 g/mol. The Kier molecular flexibility index (Phi) is 6.17. The monoisotopic (exact) mass is 336 g/mol. The molecular formula is C14H22F6O2. The zero-order chi connectivity index (χ0) is 18.1. The van der Waals surface area contributed by atoms with Crippen LogP contribution in [0.15, 0.2) is 12.2 Å². The first-order valence-corrected chi connectivity index (χ1v) is 6.54. The number of hydrogen-bond acceptors (Lipinski definition) is 2. The molecule has 0 rings (SSSR count). The van der Waals surface area contributed by atoms with Crippen LogP contribution in [0.4, 0.5) is 26.3 Å². The first-order valence-electron chi connectivity index (χ1n) is 6.54. The van der Waals surface area contributed by atoms with E-state index in [2.05, 4.69) is 11.3 Å². The highest BCUT2D eigenvalue weighted by Gasteiger charge is 2.60. The van der Waals surface area contributed by atoms with Crippen molar-refractivity contribution in [2.24, 2.45) is 10.8 Å². The lowest BCUT2D eigenvalue weighted by atomic mass is 9.71. The van der Waals surface area contributed by atoms with Gasteiger partial charge in [-0.05, 0) is 18.8 Å². The summed E-state index contributed by atoms with van der Waals surface area (Å²) in [6, 6.07) is 0. The van der Waals surface area contributed by atoms with Gasteiger partial charge in [0, 0.05) is 5.41 Å². The highest BCUT2D eigenvalue weighted by molar-refractivity contribution is 5.08. The molecule has 0 aromatic carbocycles. The Morgan fingerprint density at radius 1 is 1.00 bits per heavy atom. The predicted molar refractivity (Wildman–Crippen MR) is 70.0 cm³/mol. The van der Waals surface area contributed by atoms with E-state index in [9.17, 15) is 31.4 Å². The minimum atomic E-state index is -5.67. The summed E-state index contributed by atoms with van der Waals surface area (Å²) >= 11 is 0. The van der Waals surface area contributed by atoms with Crippen molar-refractivity contribution in [2.75, 3.05) is 0 Å². The molecule has 0 spiro atoms. The molecule has 0 radical (unpaired) electrons. The summed E-state index contributed by atoms with van der Waals surface area (Å²) in [5, 5.41) is 9.92. The molecule has 0 fully saturated rings. The van der Waals surface area contributed by atoms with Gasteiger partial charge in [-0.25, -0.2) is 0 Å². The van der Waals surface area contributed by atoms with Crippen molar-refractivity contribution < 1.29 is 36.2 Å². The van der Waals surface area contributed by atoms with Crippen LogP contribution in [-0.4, -0.2) is 29.9 Å². The maximum absolute atomic E-state index is 12.5. The van der Waals surface area contributed by atoms with Crippen LogP contribution in [-0.2, 0) is 4.74 Å². The van der Waals surface area contributed by atoms with E-state index < -0.39 is 35.6 Å². The maximum atomic E-state index is 12.5. The van der Waals surface area contributed by atoms with Crippen LogP contribution < -0.4 is 0 Å². The number of rotatable bonds is 5. The highest BCUT2D eigenvalue weighted by atomic mass is 19.4. The Bertz CT molecular complexity index is 380. The molecule has 0 saturated carbocycles. The molecule has 0 amide bonds. The first-order chi connectivity index (χ1) is 9.41. The van der Waals surface area contributed by atoms with Crippen LogP contribution in [0.25, 0.3) is 0 Å². The second-order valence-electron chi connectivity index (χ2n) is 6.89. The van der Waals surface area contributed by atoms with Gasteiger partial charge in [-0.15, -0.1) is 0 Å². The summed E-state index contributed by atoms with van der Waals surface area (Å²) in [6.45, 7) is 11.5. The fourth-order valence-electron chi connectivity index (χ4n) is 2.17. The van der Waals surface area contributed by atoms with Crippen molar-refractivity contribution in [3.63, 3.8) is 0 Å². The van der Waals surface area contributed by atoms with Gasteiger partial charge in [0.25, 0.3) is 6.10 Å². The summed E-state index contributed by atoms with van der Waals surface area (Å²) in [4.78, 5) is 0. The Balaban J connectivity index is 5.51. The van der Waals surface area contributed by atoms with Gasteiger partial charge in [0.05, 0.1) is 0 Å². The van der Waals surface area contributed by atoms with Gasteiger partial charge >= 0.3 is 12.4 Å². The number of halogens is 6. The standard InChI is InChI=1S/C14H22F6O2/c1-8(2)12(6,7-11(3,4)5)10(21)22-9(13(15,16)17)14(18,19)20/h9-10,21H,1,7H2,2-6H3. The lowest BCUT2D eigenvalue weighted by molar-refractivity contribution is -0.359. The third-order valence-electron chi connectivity index (χ3n) is 3.28. The average molecular weight is 336 g/mol. The van der Waals surface area contributed by atoms with Gasteiger partial charge in [-0.2, -0.15) is 26.3 Å². The van der Waals surface area contributed by atoms with Crippen LogP contribution in [0.2, 0.25) is 0 Å². The summed E-state index contributed by atoms with van der Waals surface area (Å²) in [6.07, 6.45) is -17.6. The largest absolute Gasteiger partial charge is 0.423 e. The highest BCUT2D eigenvalue weighted by Crippen LogP contribution is 2.44. The van der Waals surface area contributed by atoms with Gasteiger partial charge < -0.3 is 9.84 Å². The molecule has 0 aliphatic heterocycles. The molecule has 0 bridgehead atoms. The van der Waals surface area contributed by atoms with Gasteiger partial charge in [0.2, 0.25) is 0 Å². The number of ether oxygens (including phenoxy) is 1. The van der Waals surface area contributed by atoms with Gasteiger partial charge in [-0.3, -0.25) is 0 Å². The summed E-state index contributed by atoms with van der Waals surface area (Å²) in [5.74, 6) is 0. The third-order valence-corrected chi connectivity index (χ3v) is 3.28. The van der Waals surface area contributed by atoms with Crippen molar-refractivity contribution >= 4 is 0 Å². The molecule has 0 aromatic rings. The number of aliphatic hydroxyl groups is 1. The molecule has 22 heavy (non-hydrogen) atoms. The first kappa shape index (κ1) is 21.2. The normalized spacial score (nSPS) is 18.2. The molecule has 0 aliphatic carbocycles. The molecule has 1 N–H and O–H groups in total. The number of hydrogen-bond donors (Lipinski definition) is 1. The van der Waals surface area contributed by atoms with Gasteiger partial charge in [0.15, 0.2) is 6.29 Å². The smallest absolute Gasteiger partial charge is 0.367 e. The lowest BCUT2D eigenvalue weighted by Gasteiger charge is -2.41. The third kappa shape index (κ3) is 5.79. The van der Waals surface area contributed by atoms with Crippen molar-refractivity contribution in [3.05, 3.63) is 12.2 Å². The van der Waals surface area contributed by atoms with E-state index in [-0.39, 0.29) is 12.0 Å². The van der Waals surface area contributed by atoms with E-state index in [0.29, 0.717) is 0 Å². The predicted octanol–water partition coefficient (Wildman–Crippen LogP) is 4.83. The maximum Gasteiger partial charge on any atom is 0.423 e. The van der Waals surface area contributed by atoms with E-state index in [1.165, 1.54) is 13.8 Å². The molecule has 2 nitrogen and oxygen atoms in total. The Morgan fingerprint density at radius 2 is 1.36 bits per heavy atom. The summed E-state index contributed by atoms with van der Waals surface area (Å²) in [7, 11) is 0. The topological polar surface area (TPSA) is 29.5 Å². The van der Waals surface area contributed by atoms with Crippen molar-refractivity contribution in [1.29, 1.82) is 0 Å². The van der Waals surface area contributed by atoms with Crippen LogP contribution in [0.5, 0.6) is 0 Å². The summed E-state index contributed by atoms with van der Waals surface area (Å²) in [5.41, 5.74) is -1.69. The Labute approximate surface area is 126 Å². The molecule has 0 aliphatic rings. The second kappa shape index (κ2) is 6.39. The van der Waals surface area contributed by atoms with E-state index in [1.54, 1.807) is 20.8 Å².